The molecule has 3 N–H and O–H groups in total. The van der Waals surface area contributed by atoms with Gasteiger partial charge in [-0.05, 0) is 18.1 Å². The standard InChI is InChI=1S/C17H15Cl2N5O3/c1-7(2)13-12(25)6-20-17(22-13)27-15-10(18)4-9(5-11(15)19)14-16(26)21-8(3)23-24-14/h4-7,23,25H,3H2,1-2H3,(H,21,26). The first-order valence-corrected chi connectivity index (χ1v) is 8.59. The summed E-state index contributed by atoms with van der Waals surface area (Å²) in [5.74, 6) is -0.111. The number of aromatic hydroxyl groups is 1. The average molecular weight is 408 g/mol. The molecule has 0 unspecified atom stereocenters. The Bertz CT molecular complexity index is 952. The topological polar surface area (TPSA) is 109 Å². The van der Waals surface area contributed by atoms with Crippen LogP contribution in [0.15, 0.2) is 35.8 Å². The van der Waals surface area contributed by atoms with Crippen LogP contribution in [-0.4, -0.2) is 26.7 Å². The summed E-state index contributed by atoms with van der Waals surface area (Å²) in [6.45, 7) is 7.31. The minimum absolute atomic E-state index is 0.0150. The summed E-state index contributed by atoms with van der Waals surface area (Å²) in [6.07, 6.45) is 1.24. The van der Waals surface area contributed by atoms with E-state index in [2.05, 4.69) is 32.4 Å². The van der Waals surface area contributed by atoms with E-state index in [0.717, 1.165) is 0 Å². The number of benzene rings is 1. The summed E-state index contributed by atoms with van der Waals surface area (Å²) < 4.78 is 5.60. The van der Waals surface area contributed by atoms with Gasteiger partial charge >= 0.3 is 6.01 Å². The molecule has 0 fully saturated rings. The molecule has 8 nitrogen and oxygen atoms in total. The van der Waals surface area contributed by atoms with Gasteiger partial charge in [0.05, 0.1) is 21.9 Å². The van der Waals surface area contributed by atoms with Gasteiger partial charge in [-0.1, -0.05) is 43.6 Å². The lowest BCUT2D eigenvalue weighted by atomic mass is 10.1. The first-order valence-electron chi connectivity index (χ1n) is 7.83. The molecule has 1 aromatic heterocycles. The highest BCUT2D eigenvalue weighted by atomic mass is 35.5. The molecule has 27 heavy (non-hydrogen) atoms. The molecule has 0 atom stereocenters. The van der Waals surface area contributed by atoms with Crippen molar-refractivity contribution in [3.8, 4) is 17.5 Å². The lowest BCUT2D eigenvalue weighted by Gasteiger charge is -2.17. The van der Waals surface area contributed by atoms with Crippen molar-refractivity contribution in [2.75, 3.05) is 0 Å². The predicted molar refractivity (Wildman–Crippen MR) is 101 cm³/mol. The van der Waals surface area contributed by atoms with E-state index in [1.807, 2.05) is 13.8 Å². The molecule has 1 aliphatic heterocycles. The molecule has 0 spiro atoms. The van der Waals surface area contributed by atoms with Gasteiger partial charge in [-0.3, -0.25) is 10.2 Å². The molecule has 1 aromatic carbocycles. The number of carbonyl (C=O) groups is 1. The third-order valence-electron chi connectivity index (χ3n) is 3.57. The van der Waals surface area contributed by atoms with E-state index in [0.29, 0.717) is 11.3 Å². The van der Waals surface area contributed by atoms with Crippen molar-refractivity contribution in [3.63, 3.8) is 0 Å². The van der Waals surface area contributed by atoms with Gasteiger partial charge in [-0.2, -0.15) is 15.1 Å². The summed E-state index contributed by atoms with van der Waals surface area (Å²) in [7, 11) is 0. The fourth-order valence-electron chi connectivity index (χ4n) is 2.33. The maximum atomic E-state index is 12.0. The zero-order valence-electron chi connectivity index (χ0n) is 14.4. The van der Waals surface area contributed by atoms with Gasteiger partial charge in [-0.15, -0.1) is 0 Å². The van der Waals surface area contributed by atoms with Crippen LogP contribution in [0.4, 0.5) is 0 Å². The number of nitrogens with zero attached hydrogens (tertiary/aromatic N) is 3. The molecular weight excluding hydrogens is 393 g/mol. The number of ether oxygens (including phenoxy) is 1. The quantitative estimate of drug-likeness (QED) is 0.717. The van der Waals surface area contributed by atoms with E-state index >= 15 is 0 Å². The Morgan fingerprint density at radius 2 is 1.93 bits per heavy atom. The molecule has 0 saturated heterocycles. The molecule has 0 saturated carbocycles. The number of halogens is 2. The average Bonchev–Trinajstić information content (AvgIpc) is 2.59. The van der Waals surface area contributed by atoms with E-state index in [4.69, 9.17) is 27.9 Å². The molecule has 2 heterocycles. The van der Waals surface area contributed by atoms with Crippen LogP contribution in [0.3, 0.4) is 0 Å². The van der Waals surface area contributed by atoms with E-state index < -0.39 is 5.91 Å². The number of aromatic nitrogens is 2. The second-order valence-corrected chi connectivity index (χ2v) is 6.77. The zero-order chi connectivity index (χ0) is 19.7. The molecule has 10 heteroatoms. The Morgan fingerprint density at radius 3 is 2.52 bits per heavy atom. The number of hydrogen-bond donors (Lipinski definition) is 3. The number of nitrogens with one attached hydrogen (secondary N) is 2. The van der Waals surface area contributed by atoms with E-state index in [1.165, 1.54) is 18.3 Å². The first kappa shape index (κ1) is 18.9. The molecule has 2 aromatic rings. The van der Waals surface area contributed by atoms with Crippen LogP contribution in [0, 0.1) is 0 Å². The minimum atomic E-state index is -0.442. The number of amides is 1. The van der Waals surface area contributed by atoms with Gasteiger partial charge in [0.25, 0.3) is 5.91 Å². The second-order valence-electron chi connectivity index (χ2n) is 5.95. The summed E-state index contributed by atoms with van der Waals surface area (Å²) in [4.78, 5) is 20.1. The van der Waals surface area contributed by atoms with Crippen LogP contribution in [0.2, 0.25) is 10.0 Å². The molecule has 0 aliphatic carbocycles. The van der Waals surface area contributed by atoms with Crippen LogP contribution in [-0.2, 0) is 4.79 Å². The van der Waals surface area contributed by atoms with Gasteiger partial charge < -0.3 is 15.2 Å². The van der Waals surface area contributed by atoms with Crippen LogP contribution in [0.25, 0.3) is 0 Å². The summed E-state index contributed by atoms with van der Waals surface area (Å²) in [6, 6.07) is 2.96. The first-order chi connectivity index (χ1) is 12.8. The molecule has 0 radical (unpaired) electrons. The van der Waals surface area contributed by atoms with E-state index in [9.17, 15) is 9.90 Å². The smallest absolute Gasteiger partial charge is 0.322 e. The van der Waals surface area contributed by atoms with Crippen LogP contribution < -0.4 is 15.5 Å². The normalized spacial score (nSPS) is 13.9. The van der Waals surface area contributed by atoms with Crippen molar-refractivity contribution < 1.29 is 14.6 Å². The van der Waals surface area contributed by atoms with Gasteiger partial charge in [0.15, 0.2) is 17.2 Å². The minimum Gasteiger partial charge on any atom is -0.504 e. The zero-order valence-corrected chi connectivity index (χ0v) is 15.9. The predicted octanol–water partition coefficient (Wildman–Crippen LogP) is 3.30. The lowest BCUT2D eigenvalue weighted by molar-refractivity contribution is -0.114. The van der Waals surface area contributed by atoms with Gasteiger partial charge in [0.2, 0.25) is 0 Å². The molecule has 1 amide bonds. The second kappa shape index (κ2) is 7.42. The fourth-order valence-corrected chi connectivity index (χ4v) is 2.89. The molecule has 0 bridgehead atoms. The molecular formula is C17H15Cl2N5O3. The van der Waals surface area contributed by atoms with Gasteiger partial charge in [0, 0.05) is 5.56 Å². The SMILES string of the molecule is C=C1NN=C(c2cc(Cl)c(Oc3ncc(O)c(C(C)C)n3)c(Cl)c2)C(=O)N1. The summed E-state index contributed by atoms with van der Waals surface area (Å²) in [5, 5.41) is 16.5. The number of rotatable bonds is 4. The van der Waals surface area contributed by atoms with Gasteiger partial charge in [0.1, 0.15) is 5.82 Å². The Morgan fingerprint density at radius 1 is 1.26 bits per heavy atom. The Balaban J connectivity index is 1.94. The van der Waals surface area contributed by atoms with Crippen LogP contribution >= 0.6 is 23.2 Å². The number of carbonyl (C=O) groups excluding carboxylic acids is 1. The summed E-state index contributed by atoms with van der Waals surface area (Å²) in [5.41, 5.74) is 3.50. The van der Waals surface area contributed by atoms with Crippen molar-refractivity contribution in [2.45, 2.75) is 19.8 Å². The Labute approximate surface area is 164 Å². The maximum Gasteiger partial charge on any atom is 0.322 e. The van der Waals surface area contributed by atoms with Crippen molar-refractivity contribution in [3.05, 3.63) is 52.0 Å². The van der Waals surface area contributed by atoms with E-state index in [1.54, 1.807) is 0 Å². The highest BCUT2D eigenvalue weighted by Crippen LogP contribution is 2.37. The van der Waals surface area contributed by atoms with Crippen molar-refractivity contribution in [1.82, 2.24) is 20.7 Å². The van der Waals surface area contributed by atoms with Gasteiger partial charge in [-0.25, -0.2) is 0 Å². The summed E-state index contributed by atoms with van der Waals surface area (Å²) >= 11 is 12.5. The third kappa shape index (κ3) is 3.96. The van der Waals surface area contributed by atoms with E-state index in [-0.39, 0.29) is 45.0 Å². The largest absolute Gasteiger partial charge is 0.504 e. The van der Waals surface area contributed by atoms with Crippen molar-refractivity contribution in [1.29, 1.82) is 0 Å². The van der Waals surface area contributed by atoms with Crippen LogP contribution in [0.1, 0.15) is 31.0 Å². The Hall–Kier alpha value is -2.84. The van der Waals surface area contributed by atoms with Crippen molar-refractivity contribution >= 4 is 34.8 Å². The maximum absolute atomic E-state index is 12.0. The molecule has 3 rings (SSSR count). The molecule has 1 aliphatic rings. The highest BCUT2D eigenvalue weighted by molar-refractivity contribution is 6.47. The van der Waals surface area contributed by atoms with Crippen molar-refractivity contribution in [2.24, 2.45) is 5.10 Å². The Kier molecular flexibility index (Phi) is 5.20. The number of hydrogen-bond acceptors (Lipinski definition) is 7. The fraction of sp³-hybridized carbons (Fsp3) is 0.176. The number of hydrazone groups is 1. The monoisotopic (exact) mass is 407 g/mol. The highest BCUT2D eigenvalue weighted by Gasteiger charge is 2.22. The van der Waals surface area contributed by atoms with Crippen LogP contribution in [0.5, 0.6) is 17.5 Å². The lowest BCUT2D eigenvalue weighted by Crippen LogP contribution is -2.40. The third-order valence-corrected chi connectivity index (χ3v) is 4.13. The molecule has 140 valence electrons.